The standard InChI is InChI=1S/C12H16N2O2S2/c1-14(10-5-3-6-10)18(15,16)11-7-2-4-9(8-11)12(13)17/h2,4,7-8,10H,3,5-6H2,1H3,(H2,13,17). The van der Waals surface area contributed by atoms with Crippen LogP contribution in [-0.2, 0) is 10.0 Å². The second-order valence-corrected chi connectivity index (χ2v) is 6.94. The van der Waals surface area contributed by atoms with Gasteiger partial charge in [0.25, 0.3) is 0 Å². The first kappa shape index (κ1) is 13.5. The Kier molecular flexibility index (Phi) is 3.70. The van der Waals surface area contributed by atoms with Crippen LogP contribution in [0.2, 0.25) is 0 Å². The van der Waals surface area contributed by atoms with E-state index in [0.717, 1.165) is 19.3 Å². The van der Waals surface area contributed by atoms with Crippen molar-refractivity contribution in [3.63, 3.8) is 0 Å². The van der Waals surface area contributed by atoms with E-state index < -0.39 is 10.0 Å². The van der Waals surface area contributed by atoms with Crippen molar-refractivity contribution in [3.8, 4) is 0 Å². The van der Waals surface area contributed by atoms with Gasteiger partial charge in [-0.15, -0.1) is 0 Å². The molecular formula is C12H16N2O2S2. The number of rotatable bonds is 4. The van der Waals surface area contributed by atoms with E-state index in [0.29, 0.717) is 5.56 Å². The van der Waals surface area contributed by atoms with Gasteiger partial charge in [0.1, 0.15) is 4.99 Å². The third-order valence-electron chi connectivity index (χ3n) is 3.38. The molecule has 1 aliphatic rings. The second kappa shape index (κ2) is 4.95. The lowest BCUT2D eigenvalue weighted by Crippen LogP contribution is -2.41. The van der Waals surface area contributed by atoms with Gasteiger partial charge >= 0.3 is 0 Å². The van der Waals surface area contributed by atoms with Gasteiger partial charge in [-0.1, -0.05) is 30.8 Å². The maximum absolute atomic E-state index is 12.4. The topological polar surface area (TPSA) is 63.4 Å². The zero-order valence-electron chi connectivity index (χ0n) is 10.2. The average Bonchev–Trinajstić information content (AvgIpc) is 2.26. The highest BCUT2D eigenvalue weighted by Crippen LogP contribution is 2.28. The van der Waals surface area contributed by atoms with Gasteiger partial charge in [0.2, 0.25) is 10.0 Å². The Morgan fingerprint density at radius 2 is 2.11 bits per heavy atom. The molecule has 0 heterocycles. The van der Waals surface area contributed by atoms with E-state index >= 15 is 0 Å². The molecule has 1 fully saturated rings. The van der Waals surface area contributed by atoms with Gasteiger partial charge in [0.05, 0.1) is 4.90 Å². The molecule has 1 aromatic carbocycles. The molecule has 1 saturated carbocycles. The number of thiocarbonyl (C=S) groups is 1. The summed E-state index contributed by atoms with van der Waals surface area (Å²) in [6.07, 6.45) is 2.97. The molecule has 1 aliphatic carbocycles. The van der Waals surface area contributed by atoms with Gasteiger partial charge in [-0.05, 0) is 25.0 Å². The van der Waals surface area contributed by atoms with Gasteiger partial charge in [-0.3, -0.25) is 0 Å². The average molecular weight is 284 g/mol. The molecule has 2 rings (SSSR count). The van der Waals surface area contributed by atoms with Crippen molar-refractivity contribution in [1.82, 2.24) is 4.31 Å². The number of hydrogen-bond donors (Lipinski definition) is 1. The quantitative estimate of drug-likeness (QED) is 0.851. The van der Waals surface area contributed by atoms with E-state index in [2.05, 4.69) is 0 Å². The Morgan fingerprint density at radius 3 is 2.61 bits per heavy atom. The van der Waals surface area contributed by atoms with E-state index in [1.165, 1.54) is 10.4 Å². The van der Waals surface area contributed by atoms with Crippen molar-refractivity contribution in [1.29, 1.82) is 0 Å². The zero-order valence-corrected chi connectivity index (χ0v) is 11.8. The lowest BCUT2D eigenvalue weighted by Gasteiger charge is -2.33. The lowest BCUT2D eigenvalue weighted by molar-refractivity contribution is 0.249. The molecule has 1 aromatic rings. The fraction of sp³-hybridized carbons (Fsp3) is 0.417. The maximum Gasteiger partial charge on any atom is 0.243 e. The van der Waals surface area contributed by atoms with Gasteiger partial charge in [0, 0.05) is 18.7 Å². The van der Waals surface area contributed by atoms with E-state index in [1.54, 1.807) is 25.2 Å². The third kappa shape index (κ3) is 2.41. The number of hydrogen-bond acceptors (Lipinski definition) is 3. The maximum atomic E-state index is 12.4. The van der Waals surface area contributed by atoms with Crippen LogP contribution in [0.1, 0.15) is 24.8 Å². The second-order valence-electron chi connectivity index (χ2n) is 4.50. The Balaban J connectivity index is 2.34. The molecule has 0 aromatic heterocycles. The fourth-order valence-corrected chi connectivity index (χ4v) is 3.51. The minimum absolute atomic E-state index is 0.128. The van der Waals surface area contributed by atoms with Gasteiger partial charge in [-0.25, -0.2) is 8.42 Å². The van der Waals surface area contributed by atoms with Crippen LogP contribution >= 0.6 is 12.2 Å². The summed E-state index contributed by atoms with van der Waals surface area (Å²) in [7, 11) is -1.81. The molecule has 18 heavy (non-hydrogen) atoms. The highest BCUT2D eigenvalue weighted by Gasteiger charge is 2.31. The molecule has 0 unspecified atom stereocenters. The first-order valence-electron chi connectivity index (χ1n) is 5.81. The van der Waals surface area contributed by atoms with Crippen LogP contribution in [0.5, 0.6) is 0 Å². The molecule has 0 radical (unpaired) electrons. The summed E-state index contributed by atoms with van der Waals surface area (Å²) in [6, 6.07) is 6.61. The first-order chi connectivity index (χ1) is 8.43. The summed E-state index contributed by atoms with van der Waals surface area (Å²) in [4.78, 5) is 0.459. The summed E-state index contributed by atoms with van der Waals surface area (Å²) >= 11 is 4.87. The van der Waals surface area contributed by atoms with E-state index in [1.807, 2.05) is 0 Å². The van der Waals surface area contributed by atoms with Crippen LogP contribution in [0.25, 0.3) is 0 Å². The van der Waals surface area contributed by atoms with Gasteiger partial charge < -0.3 is 5.73 Å². The van der Waals surface area contributed by atoms with Crippen molar-refractivity contribution in [2.24, 2.45) is 5.73 Å². The number of nitrogens with two attached hydrogens (primary N) is 1. The molecule has 98 valence electrons. The molecule has 0 amide bonds. The van der Waals surface area contributed by atoms with Crippen LogP contribution in [0.3, 0.4) is 0 Å². The summed E-state index contributed by atoms with van der Waals surface area (Å²) in [5.41, 5.74) is 6.10. The van der Waals surface area contributed by atoms with E-state index in [4.69, 9.17) is 18.0 Å². The Bertz CT molecular complexity index is 565. The van der Waals surface area contributed by atoms with Crippen molar-refractivity contribution < 1.29 is 8.42 Å². The minimum Gasteiger partial charge on any atom is -0.389 e. The smallest absolute Gasteiger partial charge is 0.243 e. The predicted octanol–water partition coefficient (Wildman–Crippen LogP) is 1.49. The molecule has 0 spiro atoms. The first-order valence-corrected chi connectivity index (χ1v) is 7.65. The van der Waals surface area contributed by atoms with Crippen LogP contribution in [0.4, 0.5) is 0 Å². The number of benzene rings is 1. The molecule has 6 heteroatoms. The highest BCUT2D eigenvalue weighted by molar-refractivity contribution is 7.89. The summed E-state index contributed by atoms with van der Waals surface area (Å²) in [6.45, 7) is 0. The normalized spacial score (nSPS) is 16.6. The SMILES string of the molecule is CN(C1CCC1)S(=O)(=O)c1cccc(C(N)=S)c1. The summed E-state index contributed by atoms with van der Waals surface area (Å²) in [5.74, 6) is 0. The van der Waals surface area contributed by atoms with Crippen LogP contribution in [-0.4, -0.2) is 30.8 Å². The Hall–Kier alpha value is -0.980. The summed E-state index contributed by atoms with van der Waals surface area (Å²) < 4.78 is 26.2. The van der Waals surface area contributed by atoms with Crippen LogP contribution in [0, 0.1) is 0 Å². The molecule has 4 nitrogen and oxygen atoms in total. The van der Waals surface area contributed by atoms with Crippen LogP contribution < -0.4 is 5.73 Å². The molecule has 0 atom stereocenters. The molecular weight excluding hydrogens is 268 g/mol. The lowest BCUT2D eigenvalue weighted by atomic mass is 9.94. The van der Waals surface area contributed by atoms with E-state index in [-0.39, 0.29) is 15.9 Å². The summed E-state index contributed by atoms with van der Waals surface area (Å²) in [5, 5.41) is 0. The largest absolute Gasteiger partial charge is 0.389 e. The molecule has 0 saturated heterocycles. The predicted molar refractivity (Wildman–Crippen MR) is 74.9 cm³/mol. The molecule has 0 bridgehead atoms. The Morgan fingerprint density at radius 1 is 1.44 bits per heavy atom. The number of sulfonamides is 1. The highest BCUT2D eigenvalue weighted by atomic mass is 32.2. The monoisotopic (exact) mass is 284 g/mol. The third-order valence-corrected chi connectivity index (χ3v) is 5.53. The number of nitrogens with zero attached hydrogens (tertiary/aromatic N) is 1. The van der Waals surface area contributed by atoms with E-state index in [9.17, 15) is 8.42 Å². The minimum atomic E-state index is -3.44. The zero-order chi connectivity index (χ0) is 13.3. The van der Waals surface area contributed by atoms with Gasteiger partial charge in [-0.2, -0.15) is 4.31 Å². The van der Waals surface area contributed by atoms with Crippen molar-refractivity contribution in [2.45, 2.75) is 30.2 Å². The Labute approximate surface area is 113 Å². The van der Waals surface area contributed by atoms with Gasteiger partial charge in [0.15, 0.2) is 0 Å². The fourth-order valence-electron chi connectivity index (χ4n) is 1.92. The van der Waals surface area contributed by atoms with Crippen LogP contribution in [0.15, 0.2) is 29.2 Å². The van der Waals surface area contributed by atoms with Crippen molar-refractivity contribution >= 4 is 27.2 Å². The molecule has 2 N–H and O–H groups in total. The van der Waals surface area contributed by atoms with Crippen molar-refractivity contribution in [2.75, 3.05) is 7.05 Å². The van der Waals surface area contributed by atoms with Crippen molar-refractivity contribution in [3.05, 3.63) is 29.8 Å². The molecule has 0 aliphatic heterocycles.